The van der Waals surface area contributed by atoms with Gasteiger partial charge in [0.1, 0.15) is 60.0 Å². The maximum absolute atomic E-state index is 14.0. The van der Waals surface area contributed by atoms with Gasteiger partial charge in [-0.25, -0.2) is 13.8 Å². The van der Waals surface area contributed by atoms with Gasteiger partial charge in [-0.15, -0.1) is 0 Å². The highest BCUT2D eigenvalue weighted by atomic mass is 19.1. The monoisotopic (exact) mass is 719 g/mol. The summed E-state index contributed by atoms with van der Waals surface area (Å²) in [5.74, 6) is 3.15. The maximum atomic E-state index is 14.0. The van der Waals surface area contributed by atoms with Gasteiger partial charge in [0.25, 0.3) is 0 Å². The molecule has 0 atom stereocenters. The van der Waals surface area contributed by atoms with Crippen molar-refractivity contribution in [1.82, 2.24) is 24.3 Å². The van der Waals surface area contributed by atoms with E-state index in [-0.39, 0.29) is 5.56 Å². The molecule has 2 aliphatic rings. The zero-order chi connectivity index (χ0) is 36.3. The Balaban J connectivity index is 1.36. The summed E-state index contributed by atoms with van der Waals surface area (Å²) < 4.78 is 55.2. The lowest BCUT2D eigenvalue weighted by Gasteiger charge is -2.17. The molecule has 1 aromatic heterocycles. The fraction of sp³-hybridized carbons (Fsp3) is 0.537. The molecule has 0 radical (unpaired) electrons. The van der Waals surface area contributed by atoms with Crippen LogP contribution in [0.15, 0.2) is 48.5 Å². The van der Waals surface area contributed by atoms with E-state index >= 15 is 0 Å². The van der Waals surface area contributed by atoms with E-state index in [1.807, 2.05) is 38.4 Å². The quantitative estimate of drug-likeness (QED) is 0.0848. The zero-order valence-electron chi connectivity index (χ0n) is 31.2. The van der Waals surface area contributed by atoms with Gasteiger partial charge in [0.2, 0.25) is 0 Å². The number of rotatable bonds is 20. The molecule has 0 spiro atoms. The minimum Gasteiger partial charge on any atom is -0.493 e. The summed E-state index contributed by atoms with van der Waals surface area (Å²) in [7, 11) is 4.08. The summed E-state index contributed by atoms with van der Waals surface area (Å²) in [6.45, 7) is 10.9. The average Bonchev–Trinajstić information content (AvgIpc) is 3.93. The molecular weight excluding hydrogens is 664 g/mol. The van der Waals surface area contributed by atoms with Crippen molar-refractivity contribution < 1.29 is 27.7 Å². The molecule has 11 heteroatoms. The fourth-order valence-corrected chi connectivity index (χ4v) is 6.98. The molecule has 3 aromatic carbocycles. The van der Waals surface area contributed by atoms with Crippen molar-refractivity contribution in [3.63, 3.8) is 0 Å². The van der Waals surface area contributed by atoms with E-state index in [1.54, 1.807) is 0 Å². The summed E-state index contributed by atoms with van der Waals surface area (Å²) >= 11 is 0. The highest BCUT2D eigenvalue weighted by Crippen LogP contribution is 2.40. The molecule has 0 aliphatic carbocycles. The van der Waals surface area contributed by atoms with Crippen LogP contribution in [-0.2, 0) is 13.2 Å². The Kier molecular flexibility index (Phi) is 13.6. The molecule has 282 valence electrons. The molecule has 9 nitrogen and oxygen atoms in total. The molecule has 52 heavy (non-hydrogen) atoms. The van der Waals surface area contributed by atoms with Crippen LogP contribution in [0, 0.1) is 5.82 Å². The third-order valence-corrected chi connectivity index (χ3v) is 9.86. The Morgan fingerprint density at radius 1 is 0.731 bits per heavy atom. The van der Waals surface area contributed by atoms with Crippen molar-refractivity contribution in [2.75, 3.05) is 79.7 Å². The summed E-state index contributed by atoms with van der Waals surface area (Å²) in [6, 6.07) is 13.9. The number of ether oxygens (including phenoxy) is 4. The van der Waals surface area contributed by atoms with Crippen LogP contribution >= 0.6 is 0 Å². The van der Waals surface area contributed by atoms with Crippen LogP contribution in [0.2, 0.25) is 0 Å². The molecule has 3 heterocycles. The van der Waals surface area contributed by atoms with Crippen LogP contribution in [0.1, 0.15) is 57.4 Å². The van der Waals surface area contributed by atoms with Crippen LogP contribution < -0.4 is 18.9 Å². The van der Waals surface area contributed by atoms with Crippen molar-refractivity contribution in [3.05, 3.63) is 59.9 Å². The first-order valence-corrected chi connectivity index (χ1v) is 19.1. The predicted molar refractivity (Wildman–Crippen MR) is 202 cm³/mol. The SMILES string of the molecule is CCCCn1c(-c2ccc(Oc3ccc(F)c(CF)c3)cc2OCCCN(C)C)nc2c(OCCN3CCCC3)cc(OCCN3CCCC3)cc21. The maximum Gasteiger partial charge on any atom is 0.150 e. The first kappa shape index (κ1) is 37.8. The summed E-state index contributed by atoms with van der Waals surface area (Å²) in [6.07, 6.45) is 7.79. The molecule has 0 bridgehead atoms. The molecule has 4 aromatic rings. The standard InChI is InChI=1S/C41H55F2N5O4/c1-4-5-20-48-37-27-34(49-24-21-46-16-6-7-17-46)29-39(51-25-22-47-18-8-9-19-47)40(37)44-41(48)35-13-11-33(28-38(35)50-23-10-15-45(2)3)52-32-12-14-36(43)31(26-32)30-42/h11-14,26-29H,4-10,15-25,30H2,1-3H3. The number of halogens is 2. The van der Waals surface area contributed by atoms with Gasteiger partial charge in [0.15, 0.2) is 5.75 Å². The van der Waals surface area contributed by atoms with E-state index in [4.69, 9.17) is 23.9 Å². The van der Waals surface area contributed by atoms with Gasteiger partial charge < -0.3 is 28.4 Å². The first-order valence-electron chi connectivity index (χ1n) is 19.1. The highest BCUT2D eigenvalue weighted by molar-refractivity contribution is 5.88. The van der Waals surface area contributed by atoms with Gasteiger partial charge in [-0.05, 0) is 109 Å². The third kappa shape index (κ3) is 9.93. The Hall–Kier alpha value is -3.93. The van der Waals surface area contributed by atoms with Crippen LogP contribution in [0.3, 0.4) is 0 Å². The summed E-state index contributed by atoms with van der Waals surface area (Å²) in [5, 5.41) is 0. The molecule has 0 N–H and O–H groups in total. The predicted octanol–water partition coefficient (Wildman–Crippen LogP) is 8.18. The van der Waals surface area contributed by atoms with E-state index in [1.165, 1.54) is 43.9 Å². The number of nitrogens with zero attached hydrogens (tertiary/aromatic N) is 5. The normalized spacial score (nSPS) is 15.3. The van der Waals surface area contributed by atoms with Crippen molar-refractivity contribution in [2.24, 2.45) is 0 Å². The second kappa shape index (κ2) is 18.7. The lowest BCUT2D eigenvalue weighted by atomic mass is 10.1. The smallest absolute Gasteiger partial charge is 0.150 e. The Morgan fingerprint density at radius 3 is 2.08 bits per heavy atom. The molecule has 2 fully saturated rings. The van der Waals surface area contributed by atoms with Crippen LogP contribution in [0.25, 0.3) is 22.4 Å². The second-order valence-electron chi connectivity index (χ2n) is 14.2. The lowest BCUT2D eigenvalue weighted by Crippen LogP contribution is -2.25. The zero-order valence-corrected chi connectivity index (χ0v) is 31.2. The number of hydrogen-bond donors (Lipinski definition) is 0. The number of aromatic nitrogens is 2. The molecule has 6 rings (SSSR count). The molecular formula is C41H55F2N5O4. The van der Waals surface area contributed by atoms with Crippen LogP contribution in [0.5, 0.6) is 28.7 Å². The average molecular weight is 720 g/mol. The van der Waals surface area contributed by atoms with Gasteiger partial charge in [0, 0.05) is 49.9 Å². The van der Waals surface area contributed by atoms with E-state index in [0.717, 1.165) is 106 Å². The van der Waals surface area contributed by atoms with Crippen molar-refractivity contribution in [2.45, 2.75) is 65.1 Å². The number of hydrogen-bond acceptors (Lipinski definition) is 8. The summed E-state index contributed by atoms with van der Waals surface area (Å²) in [5.41, 5.74) is 2.54. The van der Waals surface area contributed by atoms with Crippen molar-refractivity contribution >= 4 is 11.0 Å². The van der Waals surface area contributed by atoms with Gasteiger partial charge in [-0.1, -0.05) is 13.3 Å². The largest absolute Gasteiger partial charge is 0.493 e. The fourth-order valence-electron chi connectivity index (χ4n) is 6.98. The molecule has 0 unspecified atom stereocenters. The van der Waals surface area contributed by atoms with Crippen molar-refractivity contribution in [1.29, 1.82) is 0 Å². The Bertz CT molecular complexity index is 1740. The number of unbranched alkanes of at least 4 members (excludes halogenated alkanes) is 1. The molecule has 2 aliphatic heterocycles. The van der Waals surface area contributed by atoms with Crippen molar-refractivity contribution in [3.8, 4) is 40.1 Å². The number of fused-ring (bicyclic) bond motifs is 1. The Labute approximate surface area is 307 Å². The Morgan fingerprint density at radius 2 is 1.38 bits per heavy atom. The minimum atomic E-state index is -0.911. The van der Waals surface area contributed by atoms with Crippen LogP contribution in [0.4, 0.5) is 8.78 Å². The molecule has 2 saturated heterocycles. The minimum absolute atomic E-state index is 0.0447. The number of aryl methyl sites for hydroxylation is 1. The highest BCUT2D eigenvalue weighted by Gasteiger charge is 2.22. The van der Waals surface area contributed by atoms with E-state index in [0.29, 0.717) is 37.1 Å². The molecule has 0 saturated carbocycles. The van der Waals surface area contributed by atoms with E-state index in [2.05, 4.69) is 32.3 Å². The third-order valence-electron chi connectivity index (χ3n) is 9.86. The van der Waals surface area contributed by atoms with Gasteiger partial charge in [-0.3, -0.25) is 9.80 Å². The van der Waals surface area contributed by atoms with E-state index in [9.17, 15) is 8.78 Å². The second-order valence-corrected chi connectivity index (χ2v) is 14.2. The topological polar surface area (TPSA) is 64.5 Å². The van der Waals surface area contributed by atoms with E-state index < -0.39 is 12.5 Å². The van der Waals surface area contributed by atoms with Gasteiger partial charge >= 0.3 is 0 Å². The number of imidazole rings is 1. The molecule has 0 amide bonds. The number of likely N-dealkylation sites (tertiary alicyclic amines) is 2. The van der Waals surface area contributed by atoms with Gasteiger partial charge in [-0.2, -0.15) is 0 Å². The lowest BCUT2D eigenvalue weighted by molar-refractivity contribution is 0.231. The number of benzene rings is 3. The first-order chi connectivity index (χ1) is 25.4. The number of alkyl halides is 1. The van der Waals surface area contributed by atoms with Crippen LogP contribution in [-0.4, -0.2) is 104 Å². The van der Waals surface area contributed by atoms with Gasteiger partial charge in [0.05, 0.1) is 17.7 Å². The summed E-state index contributed by atoms with van der Waals surface area (Å²) in [4.78, 5) is 12.3.